The van der Waals surface area contributed by atoms with Gasteiger partial charge in [0.1, 0.15) is 0 Å². The summed E-state index contributed by atoms with van der Waals surface area (Å²) in [5, 5.41) is 2.81. The van der Waals surface area contributed by atoms with Crippen LogP contribution in [0.1, 0.15) is 37.7 Å². The van der Waals surface area contributed by atoms with Gasteiger partial charge in [-0.15, -0.1) is 0 Å². The van der Waals surface area contributed by atoms with Crippen LogP contribution in [0.3, 0.4) is 0 Å². The minimum Gasteiger partial charge on any atom is -0.324 e. The summed E-state index contributed by atoms with van der Waals surface area (Å²) in [6, 6.07) is 5.11. The molecule has 0 heterocycles. The molecular formula is C15H23N3O3S. The molecule has 122 valence electrons. The summed E-state index contributed by atoms with van der Waals surface area (Å²) in [4.78, 5) is 12.4. The molecule has 7 heteroatoms. The van der Waals surface area contributed by atoms with E-state index in [4.69, 9.17) is 5.73 Å². The van der Waals surface area contributed by atoms with Crippen molar-refractivity contribution in [2.75, 3.05) is 16.3 Å². The Labute approximate surface area is 131 Å². The third-order valence-corrected chi connectivity index (χ3v) is 4.58. The number of nitrogens with two attached hydrogens (primary N) is 1. The lowest BCUT2D eigenvalue weighted by Crippen LogP contribution is -2.52. The van der Waals surface area contributed by atoms with E-state index in [0.717, 1.165) is 31.1 Å². The Bertz CT molecular complexity index is 665. The topological polar surface area (TPSA) is 101 Å². The Balaban J connectivity index is 2.16. The van der Waals surface area contributed by atoms with E-state index in [-0.39, 0.29) is 5.91 Å². The van der Waals surface area contributed by atoms with Crippen LogP contribution in [0.15, 0.2) is 18.2 Å². The van der Waals surface area contributed by atoms with E-state index >= 15 is 0 Å². The van der Waals surface area contributed by atoms with Gasteiger partial charge >= 0.3 is 0 Å². The summed E-state index contributed by atoms with van der Waals surface area (Å²) < 4.78 is 25.2. The van der Waals surface area contributed by atoms with Crippen molar-refractivity contribution < 1.29 is 13.2 Å². The van der Waals surface area contributed by atoms with Crippen molar-refractivity contribution >= 4 is 27.3 Å². The molecule has 0 atom stereocenters. The fourth-order valence-electron chi connectivity index (χ4n) is 2.67. The van der Waals surface area contributed by atoms with Crippen LogP contribution in [0, 0.1) is 6.92 Å². The van der Waals surface area contributed by atoms with Crippen LogP contribution >= 0.6 is 0 Å². The van der Waals surface area contributed by atoms with Crippen molar-refractivity contribution in [3.05, 3.63) is 23.8 Å². The largest absolute Gasteiger partial charge is 0.324 e. The zero-order chi connectivity index (χ0) is 16.4. The first kappa shape index (κ1) is 16.8. The summed E-state index contributed by atoms with van der Waals surface area (Å²) in [6.45, 7) is 1.80. The highest BCUT2D eigenvalue weighted by Gasteiger charge is 2.35. The number of hydrogen-bond donors (Lipinski definition) is 3. The molecular weight excluding hydrogens is 302 g/mol. The fraction of sp³-hybridized carbons (Fsp3) is 0.533. The van der Waals surface area contributed by atoms with Crippen molar-refractivity contribution in [1.82, 2.24) is 0 Å². The van der Waals surface area contributed by atoms with Gasteiger partial charge in [0.2, 0.25) is 15.9 Å². The van der Waals surface area contributed by atoms with Crippen LogP contribution in [0.4, 0.5) is 11.4 Å². The average Bonchev–Trinajstić information content (AvgIpc) is 2.42. The number of carbonyl (C=O) groups excluding carboxylic acids is 1. The Morgan fingerprint density at radius 1 is 1.23 bits per heavy atom. The van der Waals surface area contributed by atoms with Gasteiger partial charge in [-0.25, -0.2) is 8.42 Å². The van der Waals surface area contributed by atoms with Crippen LogP contribution < -0.4 is 15.8 Å². The second-order valence-corrected chi connectivity index (χ2v) is 7.82. The molecule has 1 amide bonds. The zero-order valence-corrected chi connectivity index (χ0v) is 13.8. The van der Waals surface area contributed by atoms with Crippen molar-refractivity contribution in [3.8, 4) is 0 Å². The average molecular weight is 325 g/mol. The van der Waals surface area contributed by atoms with E-state index in [0.29, 0.717) is 24.2 Å². The van der Waals surface area contributed by atoms with Gasteiger partial charge in [-0.2, -0.15) is 0 Å². The van der Waals surface area contributed by atoms with E-state index in [9.17, 15) is 13.2 Å². The third-order valence-electron chi connectivity index (χ3n) is 3.99. The predicted octanol–water partition coefficient (Wildman–Crippen LogP) is 1.97. The number of carbonyl (C=O) groups is 1. The predicted molar refractivity (Wildman–Crippen MR) is 88.3 cm³/mol. The maximum Gasteiger partial charge on any atom is 0.244 e. The van der Waals surface area contributed by atoms with Crippen LogP contribution in [0.5, 0.6) is 0 Å². The molecule has 0 bridgehead atoms. The highest BCUT2D eigenvalue weighted by Crippen LogP contribution is 2.28. The first-order valence-electron chi connectivity index (χ1n) is 7.38. The minimum absolute atomic E-state index is 0.207. The number of amides is 1. The molecule has 1 saturated carbocycles. The van der Waals surface area contributed by atoms with Crippen LogP contribution in [-0.4, -0.2) is 26.1 Å². The van der Waals surface area contributed by atoms with Crippen molar-refractivity contribution in [1.29, 1.82) is 0 Å². The molecule has 0 unspecified atom stereocenters. The second kappa shape index (κ2) is 6.26. The lowest BCUT2D eigenvalue weighted by Gasteiger charge is -2.31. The molecule has 0 aromatic heterocycles. The highest BCUT2D eigenvalue weighted by atomic mass is 32.2. The second-order valence-electron chi connectivity index (χ2n) is 6.07. The number of hydrogen-bond acceptors (Lipinski definition) is 4. The summed E-state index contributed by atoms with van der Waals surface area (Å²) in [5.74, 6) is -0.207. The van der Waals surface area contributed by atoms with Crippen LogP contribution in [-0.2, 0) is 14.8 Å². The Morgan fingerprint density at radius 2 is 1.86 bits per heavy atom. The zero-order valence-electron chi connectivity index (χ0n) is 13.0. The smallest absolute Gasteiger partial charge is 0.244 e. The van der Waals surface area contributed by atoms with E-state index in [1.807, 2.05) is 0 Å². The number of rotatable bonds is 4. The van der Waals surface area contributed by atoms with Crippen LogP contribution in [0.25, 0.3) is 0 Å². The SMILES string of the molecule is Cc1ccc(NC(=O)C2(N)CCCCC2)cc1NS(C)(=O)=O. The van der Waals surface area contributed by atoms with Crippen molar-refractivity contribution in [2.45, 2.75) is 44.6 Å². The molecule has 2 rings (SSSR count). The minimum atomic E-state index is -3.36. The van der Waals surface area contributed by atoms with E-state index < -0.39 is 15.6 Å². The standard InChI is InChI=1S/C15H23N3O3S/c1-11-6-7-12(10-13(11)18-22(2,20)21)17-14(19)15(16)8-4-3-5-9-15/h6-7,10,18H,3-5,8-9,16H2,1-2H3,(H,17,19). The maximum absolute atomic E-state index is 12.4. The van der Waals surface area contributed by atoms with E-state index in [2.05, 4.69) is 10.0 Å². The summed E-state index contributed by atoms with van der Waals surface area (Å²) in [6.07, 6.45) is 5.48. The van der Waals surface area contributed by atoms with Gasteiger partial charge in [0, 0.05) is 5.69 Å². The first-order valence-corrected chi connectivity index (χ1v) is 9.28. The highest BCUT2D eigenvalue weighted by molar-refractivity contribution is 7.92. The Hall–Kier alpha value is -1.60. The molecule has 6 nitrogen and oxygen atoms in total. The van der Waals surface area contributed by atoms with Gasteiger partial charge in [0.05, 0.1) is 17.5 Å². The summed E-state index contributed by atoms with van der Waals surface area (Å²) in [7, 11) is -3.36. The Kier molecular flexibility index (Phi) is 4.77. The lowest BCUT2D eigenvalue weighted by molar-refractivity contribution is -0.122. The summed E-state index contributed by atoms with van der Waals surface area (Å²) in [5.41, 5.74) is 7.14. The van der Waals surface area contributed by atoms with Crippen molar-refractivity contribution in [2.24, 2.45) is 5.73 Å². The Morgan fingerprint density at radius 3 is 2.45 bits per heavy atom. The van der Waals surface area contributed by atoms with Crippen molar-refractivity contribution in [3.63, 3.8) is 0 Å². The molecule has 0 spiro atoms. The third kappa shape index (κ3) is 4.20. The summed E-state index contributed by atoms with van der Waals surface area (Å²) >= 11 is 0. The quantitative estimate of drug-likeness (QED) is 0.787. The van der Waals surface area contributed by atoms with E-state index in [1.54, 1.807) is 25.1 Å². The molecule has 1 aromatic carbocycles. The normalized spacial score (nSPS) is 17.8. The number of anilines is 2. The molecule has 0 aliphatic heterocycles. The fourth-order valence-corrected chi connectivity index (χ4v) is 3.29. The molecule has 22 heavy (non-hydrogen) atoms. The molecule has 1 aliphatic carbocycles. The first-order chi connectivity index (χ1) is 10.2. The number of nitrogens with one attached hydrogen (secondary N) is 2. The number of aryl methyl sites for hydroxylation is 1. The molecule has 0 radical (unpaired) electrons. The molecule has 4 N–H and O–H groups in total. The number of sulfonamides is 1. The van der Waals surface area contributed by atoms with Gasteiger partial charge in [0.25, 0.3) is 0 Å². The monoisotopic (exact) mass is 325 g/mol. The number of benzene rings is 1. The van der Waals surface area contributed by atoms with Crippen LogP contribution in [0.2, 0.25) is 0 Å². The molecule has 1 aromatic rings. The molecule has 0 saturated heterocycles. The maximum atomic E-state index is 12.4. The van der Waals surface area contributed by atoms with Gasteiger partial charge in [-0.1, -0.05) is 25.3 Å². The van der Waals surface area contributed by atoms with Gasteiger partial charge in [0.15, 0.2) is 0 Å². The van der Waals surface area contributed by atoms with E-state index in [1.165, 1.54) is 0 Å². The van der Waals surface area contributed by atoms with Gasteiger partial charge in [-0.05, 0) is 37.5 Å². The molecule has 1 fully saturated rings. The molecule has 1 aliphatic rings. The van der Waals surface area contributed by atoms with Gasteiger partial charge in [-0.3, -0.25) is 9.52 Å². The van der Waals surface area contributed by atoms with Gasteiger partial charge < -0.3 is 11.1 Å². The lowest BCUT2D eigenvalue weighted by atomic mass is 9.82.